The highest BCUT2D eigenvalue weighted by Crippen LogP contribution is 2.25. The van der Waals surface area contributed by atoms with Gasteiger partial charge in [0.15, 0.2) is 0 Å². The normalized spacial score (nSPS) is 9.15. The van der Waals surface area contributed by atoms with Gasteiger partial charge in [0.1, 0.15) is 0 Å². The van der Waals surface area contributed by atoms with Crippen LogP contribution in [0.2, 0.25) is 0 Å². The Bertz CT molecular complexity index is 491. The molecular weight excluding hydrogens is 240 g/mol. The molecule has 0 nitrogen and oxygen atoms in total. The van der Waals surface area contributed by atoms with Crippen molar-refractivity contribution in [3.8, 4) is 0 Å². The van der Waals surface area contributed by atoms with Crippen LogP contribution in [-0.2, 0) is 6.42 Å². The second kappa shape index (κ2) is 9.36. The highest BCUT2D eigenvalue weighted by atomic mass is 14.1. The van der Waals surface area contributed by atoms with Crippen molar-refractivity contribution in [3.05, 3.63) is 52.1 Å². The summed E-state index contributed by atoms with van der Waals surface area (Å²) < 4.78 is 0. The zero-order valence-corrected chi connectivity index (χ0v) is 14.3. The molecule has 1 aromatic rings. The van der Waals surface area contributed by atoms with Gasteiger partial charge in [0, 0.05) is 0 Å². The third-order valence-electron chi connectivity index (χ3n) is 2.87. The summed E-state index contributed by atoms with van der Waals surface area (Å²) in [6, 6.07) is 4.41. The first kappa shape index (κ1) is 18.4. The SMILES string of the molecule is C=Cc1c(C=C(C)C)ccc(C=C(C)C)c1CC.CC. The van der Waals surface area contributed by atoms with Crippen LogP contribution < -0.4 is 0 Å². The number of hydrogen-bond donors (Lipinski definition) is 0. The van der Waals surface area contributed by atoms with Crippen LogP contribution in [-0.4, -0.2) is 0 Å². The Morgan fingerprint density at radius 2 is 1.40 bits per heavy atom. The van der Waals surface area contributed by atoms with Gasteiger partial charge in [0.25, 0.3) is 0 Å². The molecule has 0 radical (unpaired) electrons. The van der Waals surface area contributed by atoms with Crippen molar-refractivity contribution < 1.29 is 0 Å². The lowest BCUT2D eigenvalue weighted by molar-refractivity contribution is 1.12. The lowest BCUT2D eigenvalue weighted by Crippen LogP contribution is -1.95. The Kier molecular flexibility index (Phi) is 8.63. The quantitative estimate of drug-likeness (QED) is 0.566. The van der Waals surface area contributed by atoms with Crippen LogP contribution in [0.1, 0.15) is 70.7 Å². The molecule has 0 heterocycles. The van der Waals surface area contributed by atoms with Gasteiger partial charge in [-0.3, -0.25) is 0 Å². The van der Waals surface area contributed by atoms with Gasteiger partial charge in [-0.05, 0) is 56.4 Å². The molecule has 0 atom stereocenters. The summed E-state index contributed by atoms with van der Waals surface area (Å²) in [7, 11) is 0. The summed E-state index contributed by atoms with van der Waals surface area (Å²) in [4.78, 5) is 0. The molecule has 0 amide bonds. The van der Waals surface area contributed by atoms with Gasteiger partial charge < -0.3 is 0 Å². The van der Waals surface area contributed by atoms with E-state index in [-0.39, 0.29) is 0 Å². The monoisotopic (exact) mass is 270 g/mol. The molecule has 0 spiro atoms. The van der Waals surface area contributed by atoms with Crippen molar-refractivity contribution in [1.82, 2.24) is 0 Å². The van der Waals surface area contributed by atoms with E-state index in [0.29, 0.717) is 0 Å². The van der Waals surface area contributed by atoms with E-state index in [0.717, 1.165) is 6.42 Å². The fraction of sp³-hybridized carbons (Fsp3) is 0.400. The standard InChI is InChI=1S/C18H24.C2H6/c1-7-17-15(11-13(3)4)9-10-16(12-14(5)6)18(17)8-2;1-2/h7,9-12H,1,8H2,2-6H3;1-2H3. The highest BCUT2D eigenvalue weighted by molar-refractivity contribution is 5.73. The summed E-state index contributed by atoms with van der Waals surface area (Å²) in [6.45, 7) is 18.7. The fourth-order valence-corrected chi connectivity index (χ4v) is 2.22. The van der Waals surface area contributed by atoms with Gasteiger partial charge in [-0.1, -0.05) is 68.9 Å². The molecule has 0 fully saturated rings. The molecule has 0 N–H and O–H groups in total. The van der Waals surface area contributed by atoms with Gasteiger partial charge in [-0.15, -0.1) is 0 Å². The first-order valence-corrected chi connectivity index (χ1v) is 7.57. The Hall–Kier alpha value is -1.56. The van der Waals surface area contributed by atoms with Crippen LogP contribution in [0, 0.1) is 0 Å². The maximum absolute atomic E-state index is 3.98. The Balaban J connectivity index is 0.00000172. The summed E-state index contributed by atoms with van der Waals surface area (Å²) in [5, 5.41) is 0. The minimum absolute atomic E-state index is 1.03. The van der Waals surface area contributed by atoms with Gasteiger partial charge in [-0.25, -0.2) is 0 Å². The van der Waals surface area contributed by atoms with Crippen LogP contribution in [0.4, 0.5) is 0 Å². The van der Waals surface area contributed by atoms with Crippen molar-refractivity contribution in [1.29, 1.82) is 0 Å². The van der Waals surface area contributed by atoms with Crippen LogP contribution >= 0.6 is 0 Å². The van der Waals surface area contributed by atoms with Crippen LogP contribution in [0.15, 0.2) is 29.9 Å². The van der Waals surface area contributed by atoms with E-state index < -0.39 is 0 Å². The average Bonchev–Trinajstić information content (AvgIpc) is 2.41. The van der Waals surface area contributed by atoms with Gasteiger partial charge >= 0.3 is 0 Å². The van der Waals surface area contributed by atoms with Crippen molar-refractivity contribution in [2.75, 3.05) is 0 Å². The first-order valence-electron chi connectivity index (χ1n) is 7.57. The van der Waals surface area contributed by atoms with E-state index in [9.17, 15) is 0 Å². The topological polar surface area (TPSA) is 0 Å². The molecule has 0 bridgehead atoms. The predicted molar refractivity (Wildman–Crippen MR) is 95.9 cm³/mol. The molecule has 1 aromatic carbocycles. The maximum Gasteiger partial charge on any atom is -0.0152 e. The number of allylic oxidation sites excluding steroid dienone is 2. The Morgan fingerprint density at radius 1 is 0.950 bits per heavy atom. The third-order valence-corrected chi connectivity index (χ3v) is 2.87. The van der Waals surface area contributed by atoms with E-state index in [1.165, 1.54) is 33.4 Å². The third kappa shape index (κ3) is 5.21. The van der Waals surface area contributed by atoms with E-state index in [1.54, 1.807) is 0 Å². The van der Waals surface area contributed by atoms with Crippen LogP contribution in [0.25, 0.3) is 18.2 Å². The second-order valence-corrected chi connectivity index (χ2v) is 5.14. The summed E-state index contributed by atoms with van der Waals surface area (Å²) in [5.41, 5.74) is 7.89. The molecule has 110 valence electrons. The largest absolute Gasteiger partial charge is 0.0984 e. The zero-order valence-electron chi connectivity index (χ0n) is 14.3. The molecule has 1 rings (SSSR count). The van der Waals surface area contributed by atoms with E-state index in [4.69, 9.17) is 0 Å². The summed E-state index contributed by atoms with van der Waals surface area (Å²) in [5.74, 6) is 0. The van der Waals surface area contributed by atoms with Crippen molar-refractivity contribution in [3.63, 3.8) is 0 Å². The lowest BCUT2D eigenvalue weighted by atomic mass is 9.92. The molecule has 0 unspecified atom stereocenters. The van der Waals surface area contributed by atoms with Gasteiger partial charge in [-0.2, -0.15) is 0 Å². The number of benzene rings is 1. The first-order chi connectivity index (χ1) is 9.49. The summed E-state index contributed by atoms with van der Waals surface area (Å²) >= 11 is 0. The van der Waals surface area contributed by atoms with Crippen molar-refractivity contribution >= 4 is 18.2 Å². The minimum Gasteiger partial charge on any atom is -0.0984 e. The zero-order chi connectivity index (χ0) is 15.7. The van der Waals surface area contributed by atoms with Crippen molar-refractivity contribution in [2.45, 2.75) is 54.9 Å². The second-order valence-electron chi connectivity index (χ2n) is 5.14. The molecule has 0 saturated carbocycles. The average molecular weight is 270 g/mol. The van der Waals surface area contributed by atoms with Gasteiger partial charge in [0.05, 0.1) is 0 Å². The molecule has 0 aromatic heterocycles. The highest BCUT2D eigenvalue weighted by Gasteiger charge is 2.07. The molecule has 20 heavy (non-hydrogen) atoms. The van der Waals surface area contributed by atoms with Crippen LogP contribution in [0.3, 0.4) is 0 Å². The minimum atomic E-state index is 1.03. The Labute approximate surface area is 125 Å². The predicted octanol–water partition coefficient (Wildman–Crippen LogP) is 6.76. The lowest BCUT2D eigenvalue weighted by Gasteiger charge is -2.12. The number of hydrogen-bond acceptors (Lipinski definition) is 0. The maximum atomic E-state index is 3.98. The molecule has 0 saturated heterocycles. The summed E-state index contributed by atoms with van der Waals surface area (Å²) in [6.07, 6.45) is 7.49. The fourth-order valence-electron chi connectivity index (χ4n) is 2.22. The molecule has 0 aliphatic rings. The van der Waals surface area contributed by atoms with Crippen LogP contribution in [0.5, 0.6) is 0 Å². The Morgan fingerprint density at radius 3 is 1.80 bits per heavy atom. The van der Waals surface area contributed by atoms with E-state index in [2.05, 4.69) is 65.5 Å². The molecule has 0 aliphatic carbocycles. The van der Waals surface area contributed by atoms with E-state index >= 15 is 0 Å². The van der Waals surface area contributed by atoms with Crippen molar-refractivity contribution in [2.24, 2.45) is 0 Å². The smallest absolute Gasteiger partial charge is 0.0152 e. The number of rotatable bonds is 4. The molecule has 0 aliphatic heterocycles. The molecular formula is C20H30. The molecule has 0 heteroatoms. The van der Waals surface area contributed by atoms with Gasteiger partial charge in [0.2, 0.25) is 0 Å². The van der Waals surface area contributed by atoms with E-state index in [1.807, 2.05) is 19.9 Å².